The van der Waals surface area contributed by atoms with Gasteiger partial charge in [0.05, 0.1) is 0 Å². The van der Waals surface area contributed by atoms with Crippen LogP contribution < -0.4 is 4.46 Å². The van der Waals surface area contributed by atoms with Crippen LogP contribution >= 0.6 is 0 Å². The maximum atomic E-state index is 15.8. The Kier molecular flexibility index (Phi) is 7.84. The Hall–Kier alpha value is -0.331. The van der Waals surface area contributed by atoms with Crippen LogP contribution in [0.25, 0.3) is 0 Å². The third-order valence-electron chi connectivity index (χ3n) is 11.9. The first-order valence-electron chi connectivity index (χ1n) is 15.1. The van der Waals surface area contributed by atoms with Gasteiger partial charge < -0.3 is 0 Å². The molecule has 0 heterocycles. The van der Waals surface area contributed by atoms with Crippen molar-refractivity contribution in [3.8, 4) is 0 Å². The molecule has 10 atom stereocenters. The van der Waals surface area contributed by atoms with Crippen LogP contribution in [-0.4, -0.2) is 21.1 Å². The van der Waals surface area contributed by atoms with Gasteiger partial charge in [-0.3, -0.25) is 0 Å². The number of hydrogen-bond donors (Lipinski definition) is 0. The molecule has 0 radical (unpaired) electrons. The van der Waals surface area contributed by atoms with Crippen LogP contribution in [0.5, 0.6) is 0 Å². The molecule has 0 aliphatic heterocycles. The van der Waals surface area contributed by atoms with Gasteiger partial charge in [0.15, 0.2) is 0 Å². The number of alkyl halides is 1. The van der Waals surface area contributed by atoms with Crippen molar-refractivity contribution in [2.75, 3.05) is 0 Å². The molecule has 0 aromatic heterocycles. The molecular weight excluding hydrogens is 494 g/mol. The summed E-state index contributed by atoms with van der Waals surface area (Å²) in [5.41, 5.74) is 0.790. The van der Waals surface area contributed by atoms with Crippen molar-refractivity contribution in [2.45, 2.75) is 116 Å². The van der Waals surface area contributed by atoms with Gasteiger partial charge in [-0.2, -0.15) is 0 Å². The number of benzene rings is 1. The molecule has 1 aromatic carbocycles. The van der Waals surface area contributed by atoms with Gasteiger partial charge in [0.1, 0.15) is 0 Å². The van der Waals surface area contributed by atoms with Crippen LogP contribution in [0.1, 0.15) is 105 Å². The first-order valence-corrected chi connectivity index (χ1v) is 16.9. The molecule has 0 saturated heterocycles. The molecule has 4 fully saturated rings. The second kappa shape index (κ2) is 10.4. The quantitative estimate of drug-likeness (QED) is 0.300. The summed E-state index contributed by atoms with van der Waals surface area (Å²) in [4.78, 5) is 0.288. The van der Waals surface area contributed by atoms with Gasteiger partial charge in [-0.05, 0) is 5.92 Å². The molecule has 0 nitrogen and oxygen atoms in total. The van der Waals surface area contributed by atoms with Crippen LogP contribution in [0, 0.1) is 52.3 Å². The zero-order chi connectivity index (χ0) is 24.8. The van der Waals surface area contributed by atoms with Crippen molar-refractivity contribution in [2.24, 2.45) is 52.3 Å². The fourth-order valence-corrected chi connectivity index (χ4v) is 12.6. The van der Waals surface area contributed by atoms with E-state index in [1.165, 1.54) is 62.2 Å². The van der Waals surface area contributed by atoms with Crippen LogP contribution in [0.4, 0.5) is 4.39 Å². The first kappa shape index (κ1) is 26.3. The fraction of sp³-hybridized carbons (Fsp3) is 0.818. The number of halogens is 1. The zero-order valence-corrected chi connectivity index (χ0v) is 24.9. The van der Waals surface area contributed by atoms with E-state index in [2.05, 4.69) is 65.0 Å². The number of hydrogen-bond acceptors (Lipinski definition) is 0. The Morgan fingerprint density at radius 2 is 1.66 bits per heavy atom. The van der Waals surface area contributed by atoms with Gasteiger partial charge in [-0.1, -0.05) is 20.3 Å². The molecule has 35 heavy (non-hydrogen) atoms. The normalized spacial score (nSPS) is 43.9. The summed E-state index contributed by atoms with van der Waals surface area (Å²) < 4.78 is 17.2. The number of fused-ring (bicyclic) bond motifs is 5. The van der Waals surface area contributed by atoms with E-state index in [9.17, 15) is 0 Å². The minimum absolute atomic E-state index is 0.244. The molecule has 1 aromatic rings. The van der Waals surface area contributed by atoms with Crippen LogP contribution in [0.15, 0.2) is 30.3 Å². The fourth-order valence-electron chi connectivity index (χ4n) is 10.0. The zero-order valence-electron chi connectivity index (χ0n) is 23.1. The maximum absolute atomic E-state index is 15.8. The Morgan fingerprint density at radius 1 is 0.914 bits per heavy atom. The van der Waals surface area contributed by atoms with Crippen LogP contribution in [-0.2, 0) is 0 Å². The van der Waals surface area contributed by atoms with Crippen molar-refractivity contribution in [3.05, 3.63) is 30.3 Å². The van der Waals surface area contributed by atoms with Gasteiger partial charge in [-0.25, -0.2) is 0 Å². The average molecular weight is 546 g/mol. The first-order chi connectivity index (χ1) is 16.7. The standard InChI is InChI=1S/C33H51FSe/c1-22(2)10-9-11-23(3)27-16-17-28-26-15-14-24-20-31(35-25-12-7-6-8-13-25)30(34)21-33(24,5)29(26)18-19-32(27,28)4/h6-8,12-13,22-24,26-31H,9-11,14-21H2,1-5H3/t23-,24+,26+,27-,28+,29+,30+,31+,32-,33+/m1/s1. The van der Waals surface area contributed by atoms with Crippen molar-refractivity contribution >= 4 is 19.4 Å². The Morgan fingerprint density at radius 3 is 2.40 bits per heavy atom. The van der Waals surface area contributed by atoms with Crippen molar-refractivity contribution in [1.29, 1.82) is 0 Å². The average Bonchev–Trinajstić information content (AvgIpc) is 3.17. The molecule has 4 aliphatic rings. The molecule has 4 saturated carbocycles. The molecule has 0 unspecified atom stereocenters. The molecular formula is C33H51FSe. The molecule has 2 heteroatoms. The van der Waals surface area contributed by atoms with E-state index in [-0.39, 0.29) is 25.2 Å². The van der Waals surface area contributed by atoms with Gasteiger partial charge in [0.25, 0.3) is 0 Å². The second-order valence-electron chi connectivity index (χ2n) is 14.1. The summed E-state index contributed by atoms with van der Waals surface area (Å²) in [6.45, 7) is 12.5. The van der Waals surface area contributed by atoms with E-state index in [1.807, 2.05) is 0 Å². The molecule has 0 spiro atoms. The second-order valence-corrected chi connectivity index (χ2v) is 16.9. The Bertz CT molecular complexity index is 837. The van der Waals surface area contributed by atoms with E-state index in [1.54, 1.807) is 0 Å². The van der Waals surface area contributed by atoms with Crippen molar-refractivity contribution < 1.29 is 4.39 Å². The Labute approximate surface area is 222 Å². The topological polar surface area (TPSA) is 0 Å². The van der Waals surface area contributed by atoms with E-state index in [0.29, 0.717) is 5.41 Å². The van der Waals surface area contributed by atoms with Gasteiger partial charge >= 0.3 is 196 Å². The summed E-state index contributed by atoms with van der Waals surface area (Å²) in [5.74, 6) is 5.93. The SMILES string of the molecule is CC(C)CCC[C@@H](C)[C@H]1CC[C@H]2[C@@H]3CC[C@H]4C[C@H]([Se]c5ccccc5)[C@@H](F)C[C@]4(C)[C@H]3CC[C@]12C. The Balaban J connectivity index is 1.27. The monoisotopic (exact) mass is 546 g/mol. The predicted octanol–water partition coefficient (Wildman–Crippen LogP) is 8.87. The predicted molar refractivity (Wildman–Crippen MR) is 149 cm³/mol. The molecule has 0 bridgehead atoms. The van der Waals surface area contributed by atoms with Gasteiger partial charge in [0, 0.05) is 0 Å². The molecule has 4 aliphatic carbocycles. The summed E-state index contributed by atoms with van der Waals surface area (Å²) in [6, 6.07) is 10.8. The van der Waals surface area contributed by atoms with Crippen molar-refractivity contribution in [3.63, 3.8) is 0 Å². The summed E-state index contributed by atoms with van der Waals surface area (Å²) in [7, 11) is 0. The van der Waals surface area contributed by atoms with Crippen LogP contribution in [0.2, 0.25) is 4.82 Å². The molecule has 0 amide bonds. The third-order valence-corrected chi connectivity index (χ3v) is 14.7. The van der Waals surface area contributed by atoms with E-state index in [4.69, 9.17) is 0 Å². The van der Waals surface area contributed by atoms with Crippen molar-refractivity contribution in [1.82, 2.24) is 0 Å². The van der Waals surface area contributed by atoms with E-state index >= 15 is 4.39 Å². The summed E-state index contributed by atoms with van der Waals surface area (Å²) >= 11 is 0.272. The van der Waals surface area contributed by atoms with E-state index < -0.39 is 6.17 Å². The third kappa shape index (κ3) is 4.94. The molecule has 5 rings (SSSR count). The number of rotatable bonds is 7. The van der Waals surface area contributed by atoms with Crippen LogP contribution in [0.3, 0.4) is 0 Å². The van der Waals surface area contributed by atoms with Gasteiger partial charge in [-0.15, -0.1) is 0 Å². The summed E-state index contributed by atoms with van der Waals surface area (Å²) in [6.07, 6.45) is 14.1. The summed E-state index contributed by atoms with van der Waals surface area (Å²) in [5, 5.41) is 0. The molecule has 196 valence electrons. The van der Waals surface area contributed by atoms with Gasteiger partial charge in [0.2, 0.25) is 0 Å². The minimum atomic E-state index is -0.596. The van der Waals surface area contributed by atoms with E-state index in [0.717, 1.165) is 54.3 Å². The molecule has 0 N–H and O–H groups in total.